The van der Waals surface area contributed by atoms with Crippen molar-refractivity contribution in [2.45, 2.75) is 17.5 Å². The lowest BCUT2D eigenvalue weighted by Crippen LogP contribution is -2.29. The second-order valence-corrected chi connectivity index (χ2v) is 5.68. The molecular formula is C16H18N4O3S. The van der Waals surface area contributed by atoms with Gasteiger partial charge in [-0.3, -0.25) is 9.59 Å². The number of aromatic nitrogens is 3. The zero-order valence-electron chi connectivity index (χ0n) is 13.3. The number of carbonyl (C=O) groups is 1. The first-order valence-corrected chi connectivity index (χ1v) is 8.17. The van der Waals surface area contributed by atoms with Gasteiger partial charge in [-0.1, -0.05) is 17.8 Å². The van der Waals surface area contributed by atoms with Crippen LogP contribution in [0.15, 0.2) is 53.3 Å². The molecule has 0 aliphatic heterocycles. The summed E-state index contributed by atoms with van der Waals surface area (Å²) in [7, 11) is 1.42. The van der Waals surface area contributed by atoms with Gasteiger partial charge in [-0.15, -0.1) is 6.58 Å². The Balaban J connectivity index is 2.20. The van der Waals surface area contributed by atoms with Gasteiger partial charge < -0.3 is 14.6 Å². The molecule has 0 fully saturated rings. The number of carbonyl (C=O) groups excluding carboxylic acids is 1. The highest BCUT2D eigenvalue weighted by Gasteiger charge is 2.11. The van der Waals surface area contributed by atoms with Gasteiger partial charge in [0.15, 0.2) is 10.9 Å². The number of nitrogens with zero attached hydrogens (tertiary/aromatic N) is 3. The van der Waals surface area contributed by atoms with E-state index in [4.69, 9.17) is 4.74 Å². The van der Waals surface area contributed by atoms with Crippen LogP contribution in [0.1, 0.15) is 5.69 Å². The molecule has 1 N–H and O–H groups in total. The summed E-state index contributed by atoms with van der Waals surface area (Å²) in [6, 6.07) is 3.20. The predicted molar refractivity (Wildman–Crippen MR) is 92.1 cm³/mol. The summed E-state index contributed by atoms with van der Waals surface area (Å²) < 4.78 is 6.74. The maximum absolute atomic E-state index is 12.0. The van der Waals surface area contributed by atoms with Gasteiger partial charge in [0.2, 0.25) is 11.3 Å². The lowest BCUT2D eigenvalue weighted by atomic mass is 10.3. The molecule has 7 nitrogen and oxygen atoms in total. The van der Waals surface area contributed by atoms with E-state index in [9.17, 15) is 9.59 Å². The summed E-state index contributed by atoms with van der Waals surface area (Å²) in [6.45, 7) is 4.03. The Morgan fingerprint density at radius 1 is 1.46 bits per heavy atom. The van der Waals surface area contributed by atoms with Crippen molar-refractivity contribution in [3.8, 4) is 5.75 Å². The third-order valence-corrected chi connectivity index (χ3v) is 3.96. The van der Waals surface area contributed by atoms with Crippen molar-refractivity contribution < 1.29 is 9.53 Å². The van der Waals surface area contributed by atoms with Gasteiger partial charge in [0.25, 0.3) is 0 Å². The first kappa shape index (κ1) is 17.7. The minimum Gasteiger partial charge on any atom is -0.491 e. The van der Waals surface area contributed by atoms with Crippen molar-refractivity contribution >= 4 is 17.7 Å². The minimum absolute atomic E-state index is 0.0794. The fourth-order valence-electron chi connectivity index (χ4n) is 1.91. The van der Waals surface area contributed by atoms with E-state index >= 15 is 0 Å². The van der Waals surface area contributed by atoms with Crippen molar-refractivity contribution in [3.05, 3.63) is 59.3 Å². The largest absolute Gasteiger partial charge is 0.491 e. The molecule has 0 saturated carbocycles. The molecule has 0 unspecified atom stereocenters. The number of hydrogen-bond acceptors (Lipinski definition) is 6. The summed E-state index contributed by atoms with van der Waals surface area (Å²) in [5, 5.41) is 3.31. The molecular weight excluding hydrogens is 328 g/mol. The molecule has 2 aromatic heterocycles. The van der Waals surface area contributed by atoms with Gasteiger partial charge in [0.05, 0.1) is 13.3 Å². The van der Waals surface area contributed by atoms with Crippen molar-refractivity contribution in [2.75, 3.05) is 13.7 Å². The van der Waals surface area contributed by atoms with Crippen LogP contribution < -0.4 is 15.5 Å². The Labute approximate surface area is 143 Å². The standard InChI is InChI=1S/C16H18N4O3S/c1-3-5-17-15(22)10-20-9-14(23-2)13(21)8-12(20)11-24-16-18-6-4-7-19-16/h3-4,6-9H,1,5,10-11H2,2H3,(H,17,22). The van der Waals surface area contributed by atoms with E-state index in [0.29, 0.717) is 23.1 Å². The van der Waals surface area contributed by atoms with E-state index in [0.717, 1.165) is 0 Å². The van der Waals surface area contributed by atoms with Gasteiger partial charge in [0, 0.05) is 36.5 Å². The van der Waals surface area contributed by atoms with Crippen molar-refractivity contribution in [2.24, 2.45) is 0 Å². The average molecular weight is 346 g/mol. The minimum atomic E-state index is -0.232. The van der Waals surface area contributed by atoms with Crippen LogP contribution in [0.4, 0.5) is 0 Å². The first-order chi connectivity index (χ1) is 11.6. The summed E-state index contributed by atoms with van der Waals surface area (Å²) in [6.07, 6.45) is 6.45. The lowest BCUT2D eigenvalue weighted by Gasteiger charge is -2.14. The molecule has 126 valence electrons. The number of pyridine rings is 1. The number of thioether (sulfide) groups is 1. The zero-order valence-corrected chi connectivity index (χ0v) is 14.1. The van der Waals surface area contributed by atoms with Crippen LogP contribution in [0.2, 0.25) is 0 Å². The van der Waals surface area contributed by atoms with E-state index < -0.39 is 0 Å². The monoisotopic (exact) mass is 346 g/mol. The van der Waals surface area contributed by atoms with Crippen LogP contribution in [-0.4, -0.2) is 34.1 Å². The fraction of sp³-hybridized carbons (Fsp3) is 0.250. The molecule has 2 heterocycles. The van der Waals surface area contributed by atoms with Crippen molar-refractivity contribution in [1.82, 2.24) is 19.9 Å². The van der Waals surface area contributed by atoms with Crippen molar-refractivity contribution in [1.29, 1.82) is 0 Å². The molecule has 0 saturated heterocycles. The summed E-state index contributed by atoms with van der Waals surface area (Å²) in [5.74, 6) is 0.469. The molecule has 0 radical (unpaired) electrons. The van der Waals surface area contributed by atoms with E-state index in [1.165, 1.54) is 31.1 Å². The average Bonchev–Trinajstić information content (AvgIpc) is 2.60. The van der Waals surface area contributed by atoms with E-state index in [2.05, 4.69) is 21.9 Å². The number of rotatable bonds is 8. The number of nitrogens with one attached hydrogen (secondary N) is 1. The lowest BCUT2D eigenvalue weighted by molar-refractivity contribution is -0.121. The highest BCUT2D eigenvalue weighted by atomic mass is 32.2. The van der Waals surface area contributed by atoms with Crippen molar-refractivity contribution in [3.63, 3.8) is 0 Å². The normalized spacial score (nSPS) is 10.2. The molecule has 0 aromatic carbocycles. The molecule has 8 heteroatoms. The Morgan fingerprint density at radius 3 is 2.88 bits per heavy atom. The van der Waals surface area contributed by atoms with E-state index in [-0.39, 0.29) is 23.6 Å². The topological polar surface area (TPSA) is 86.1 Å². The third-order valence-electron chi connectivity index (χ3n) is 3.05. The van der Waals surface area contributed by atoms with Crippen LogP contribution in [0.3, 0.4) is 0 Å². The molecule has 24 heavy (non-hydrogen) atoms. The molecule has 2 rings (SSSR count). The van der Waals surface area contributed by atoms with Crippen LogP contribution in [0.5, 0.6) is 5.75 Å². The molecule has 0 spiro atoms. The molecule has 0 atom stereocenters. The van der Waals surface area contributed by atoms with E-state index in [1.807, 2.05) is 0 Å². The molecule has 0 aliphatic carbocycles. The number of methoxy groups -OCH3 is 1. The Hall–Kier alpha value is -2.61. The second kappa shape index (κ2) is 8.88. The van der Waals surface area contributed by atoms with Gasteiger partial charge in [-0.2, -0.15) is 0 Å². The maximum Gasteiger partial charge on any atom is 0.240 e. The maximum atomic E-state index is 12.0. The SMILES string of the molecule is C=CCNC(=O)Cn1cc(OC)c(=O)cc1CSc1ncccn1. The van der Waals surface area contributed by atoms with Crippen LogP contribution in [0, 0.1) is 0 Å². The Morgan fingerprint density at radius 2 is 2.21 bits per heavy atom. The summed E-state index contributed by atoms with van der Waals surface area (Å²) in [4.78, 5) is 32.2. The second-order valence-electron chi connectivity index (χ2n) is 4.74. The zero-order chi connectivity index (χ0) is 17.4. The quantitative estimate of drug-likeness (QED) is 0.440. The smallest absolute Gasteiger partial charge is 0.240 e. The highest BCUT2D eigenvalue weighted by Crippen LogP contribution is 2.19. The van der Waals surface area contributed by atoms with Gasteiger partial charge in [-0.05, 0) is 6.07 Å². The van der Waals surface area contributed by atoms with E-state index in [1.54, 1.807) is 29.1 Å². The number of ether oxygens (including phenoxy) is 1. The first-order valence-electron chi connectivity index (χ1n) is 7.18. The molecule has 1 amide bonds. The van der Waals surface area contributed by atoms with Crippen LogP contribution >= 0.6 is 11.8 Å². The van der Waals surface area contributed by atoms with Crippen LogP contribution in [0.25, 0.3) is 0 Å². The molecule has 0 bridgehead atoms. The molecule has 0 aliphatic rings. The van der Waals surface area contributed by atoms with Gasteiger partial charge in [0.1, 0.15) is 6.54 Å². The fourth-order valence-corrected chi connectivity index (χ4v) is 2.71. The highest BCUT2D eigenvalue weighted by molar-refractivity contribution is 7.98. The van der Waals surface area contributed by atoms with Gasteiger partial charge >= 0.3 is 0 Å². The van der Waals surface area contributed by atoms with Gasteiger partial charge in [-0.25, -0.2) is 9.97 Å². The Bertz CT molecular complexity index is 762. The number of hydrogen-bond donors (Lipinski definition) is 1. The third kappa shape index (κ3) is 4.95. The predicted octanol–water partition coefficient (Wildman–Crippen LogP) is 1.24. The number of amides is 1. The summed E-state index contributed by atoms with van der Waals surface area (Å²) >= 11 is 1.38. The summed E-state index contributed by atoms with van der Waals surface area (Å²) in [5.41, 5.74) is 0.455. The Kier molecular flexibility index (Phi) is 6.56. The molecule has 2 aromatic rings. The van der Waals surface area contributed by atoms with Crippen LogP contribution in [-0.2, 0) is 17.1 Å².